The van der Waals surface area contributed by atoms with E-state index in [1.165, 1.54) is 0 Å². The van der Waals surface area contributed by atoms with Crippen molar-refractivity contribution in [3.8, 4) is 17.2 Å². The van der Waals surface area contributed by atoms with E-state index in [9.17, 15) is 0 Å². The first-order valence-electron chi connectivity index (χ1n) is 5.67. The van der Waals surface area contributed by atoms with Crippen LogP contribution in [0.15, 0.2) is 12.1 Å². The second-order valence-corrected chi connectivity index (χ2v) is 4.31. The van der Waals surface area contributed by atoms with Crippen LogP contribution in [0, 0.1) is 5.92 Å². The van der Waals surface area contributed by atoms with Crippen LogP contribution in [0.4, 0.5) is 5.69 Å². The molecule has 0 saturated carbocycles. The van der Waals surface area contributed by atoms with Crippen molar-refractivity contribution in [2.45, 2.75) is 26.9 Å². The number of nitrogens with two attached hydrogens (primary N) is 1. The molecular formula is C13H21NO3. The number of ether oxygens (including phenoxy) is 3. The van der Waals surface area contributed by atoms with Crippen LogP contribution in [-0.4, -0.2) is 20.3 Å². The van der Waals surface area contributed by atoms with Gasteiger partial charge in [0.05, 0.1) is 26.0 Å². The molecule has 1 rings (SSSR count). The van der Waals surface area contributed by atoms with Gasteiger partial charge in [-0.15, -0.1) is 0 Å². The monoisotopic (exact) mass is 239 g/mol. The van der Waals surface area contributed by atoms with Crippen LogP contribution >= 0.6 is 0 Å². The van der Waals surface area contributed by atoms with Gasteiger partial charge in [-0.25, -0.2) is 0 Å². The highest BCUT2D eigenvalue weighted by Gasteiger charge is 2.14. The number of rotatable bonds is 5. The third-order valence-corrected chi connectivity index (χ3v) is 2.77. The molecule has 0 saturated heterocycles. The summed E-state index contributed by atoms with van der Waals surface area (Å²) in [6, 6.07) is 3.47. The Labute approximate surface area is 103 Å². The Bertz CT molecular complexity index is 377. The maximum atomic E-state index is 5.91. The fourth-order valence-corrected chi connectivity index (χ4v) is 1.31. The van der Waals surface area contributed by atoms with Crippen molar-refractivity contribution < 1.29 is 14.2 Å². The molecule has 1 aromatic rings. The number of hydrogen-bond donors (Lipinski definition) is 1. The minimum atomic E-state index is 0.0930. The highest BCUT2D eigenvalue weighted by Crippen LogP contribution is 2.36. The Morgan fingerprint density at radius 1 is 0.941 bits per heavy atom. The summed E-state index contributed by atoms with van der Waals surface area (Å²) >= 11 is 0. The fraction of sp³-hybridized carbons (Fsp3) is 0.538. The Morgan fingerprint density at radius 3 is 1.94 bits per heavy atom. The highest BCUT2D eigenvalue weighted by molar-refractivity contribution is 5.61. The predicted molar refractivity (Wildman–Crippen MR) is 68.9 cm³/mol. The van der Waals surface area contributed by atoms with Crippen molar-refractivity contribution >= 4 is 5.69 Å². The summed E-state index contributed by atoms with van der Waals surface area (Å²) < 4.78 is 16.2. The van der Waals surface area contributed by atoms with Gasteiger partial charge >= 0.3 is 0 Å². The van der Waals surface area contributed by atoms with Gasteiger partial charge in [0.15, 0.2) is 11.5 Å². The van der Waals surface area contributed by atoms with Crippen LogP contribution in [0.25, 0.3) is 0 Å². The Balaban J connectivity index is 3.00. The molecule has 0 radical (unpaired) electrons. The van der Waals surface area contributed by atoms with Gasteiger partial charge in [0.2, 0.25) is 0 Å². The van der Waals surface area contributed by atoms with Gasteiger partial charge in [0, 0.05) is 12.1 Å². The molecule has 0 aliphatic rings. The first kappa shape index (κ1) is 13.5. The lowest BCUT2D eigenvalue weighted by molar-refractivity contribution is 0.171. The van der Waals surface area contributed by atoms with Crippen LogP contribution in [-0.2, 0) is 0 Å². The van der Waals surface area contributed by atoms with Crippen molar-refractivity contribution in [3.63, 3.8) is 0 Å². The number of methoxy groups -OCH3 is 2. The standard InChI is InChI=1S/C13H21NO3/c1-8(2)9(3)17-11-7-13(16-5)12(15-4)6-10(11)14/h6-9H,14H2,1-5H3. The van der Waals surface area contributed by atoms with Crippen molar-refractivity contribution in [1.82, 2.24) is 0 Å². The maximum absolute atomic E-state index is 5.91. The SMILES string of the molecule is COc1cc(N)c(OC(C)C(C)C)cc1OC. The van der Waals surface area contributed by atoms with E-state index in [0.717, 1.165) is 0 Å². The van der Waals surface area contributed by atoms with Gasteiger partial charge in [0.1, 0.15) is 5.75 Å². The van der Waals surface area contributed by atoms with Crippen LogP contribution in [0.3, 0.4) is 0 Å². The molecule has 0 aromatic heterocycles. The molecular weight excluding hydrogens is 218 g/mol. The molecule has 0 amide bonds. The third-order valence-electron chi connectivity index (χ3n) is 2.77. The minimum absolute atomic E-state index is 0.0930. The zero-order valence-electron chi connectivity index (χ0n) is 11.1. The van der Waals surface area contributed by atoms with E-state index < -0.39 is 0 Å². The fourth-order valence-electron chi connectivity index (χ4n) is 1.31. The molecule has 96 valence electrons. The van der Waals surface area contributed by atoms with Gasteiger partial charge < -0.3 is 19.9 Å². The van der Waals surface area contributed by atoms with Gasteiger partial charge in [-0.1, -0.05) is 13.8 Å². The minimum Gasteiger partial charge on any atom is -0.493 e. The zero-order chi connectivity index (χ0) is 13.0. The van der Waals surface area contributed by atoms with Crippen LogP contribution < -0.4 is 19.9 Å². The lowest BCUT2D eigenvalue weighted by Gasteiger charge is -2.20. The van der Waals surface area contributed by atoms with E-state index in [1.54, 1.807) is 26.4 Å². The molecule has 17 heavy (non-hydrogen) atoms. The zero-order valence-corrected chi connectivity index (χ0v) is 11.1. The van der Waals surface area contributed by atoms with Gasteiger partial charge in [0.25, 0.3) is 0 Å². The molecule has 1 atom stereocenters. The average Bonchev–Trinajstić information content (AvgIpc) is 2.30. The average molecular weight is 239 g/mol. The summed E-state index contributed by atoms with van der Waals surface area (Å²) in [5.74, 6) is 2.27. The van der Waals surface area contributed by atoms with Crippen LogP contribution in [0.5, 0.6) is 17.2 Å². The van der Waals surface area contributed by atoms with Gasteiger partial charge in [-0.2, -0.15) is 0 Å². The lowest BCUT2D eigenvalue weighted by Crippen LogP contribution is -2.19. The smallest absolute Gasteiger partial charge is 0.164 e. The molecule has 0 aliphatic carbocycles. The summed E-state index contributed by atoms with van der Waals surface area (Å²) in [4.78, 5) is 0. The lowest BCUT2D eigenvalue weighted by atomic mass is 10.1. The molecule has 0 spiro atoms. The van der Waals surface area contributed by atoms with Gasteiger partial charge in [-0.3, -0.25) is 0 Å². The summed E-state index contributed by atoms with van der Waals surface area (Å²) in [7, 11) is 3.16. The van der Waals surface area contributed by atoms with Crippen molar-refractivity contribution in [1.29, 1.82) is 0 Å². The molecule has 2 N–H and O–H groups in total. The molecule has 4 nitrogen and oxygen atoms in total. The number of benzene rings is 1. The quantitative estimate of drug-likeness (QED) is 0.803. The number of anilines is 1. The van der Waals surface area contributed by atoms with Crippen molar-refractivity contribution in [2.24, 2.45) is 5.92 Å². The Hall–Kier alpha value is -1.58. The van der Waals surface area contributed by atoms with Crippen LogP contribution in [0.2, 0.25) is 0 Å². The van der Waals surface area contributed by atoms with E-state index in [4.69, 9.17) is 19.9 Å². The van der Waals surface area contributed by atoms with Crippen molar-refractivity contribution in [2.75, 3.05) is 20.0 Å². The van der Waals surface area contributed by atoms with E-state index in [0.29, 0.717) is 28.9 Å². The Kier molecular flexibility index (Phi) is 4.49. The number of nitrogen functional groups attached to an aromatic ring is 1. The second-order valence-electron chi connectivity index (χ2n) is 4.31. The summed E-state index contributed by atoms with van der Waals surface area (Å²) in [5.41, 5.74) is 6.46. The highest BCUT2D eigenvalue weighted by atomic mass is 16.5. The van der Waals surface area contributed by atoms with Crippen molar-refractivity contribution in [3.05, 3.63) is 12.1 Å². The summed E-state index contributed by atoms with van der Waals surface area (Å²) in [6.07, 6.45) is 0.0930. The largest absolute Gasteiger partial charge is 0.493 e. The predicted octanol–water partition coefficient (Wildman–Crippen LogP) is 2.71. The topological polar surface area (TPSA) is 53.7 Å². The third kappa shape index (κ3) is 3.19. The molecule has 1 aromatic carbocycles. The van der Waals surface area contributed by atoms with E-state index in [1.807, 2.05) is 6.92 Å². The Morgan fingerprint density at radius 2 is 1.47 bits per heavy atom. The normalized spacial score (nSPS) is 12.4. The second kappa shape index (κ2) is 5.66. The van der Waals surface area contributed by atoms with Gasteiger partial charge in [-0.05, 0) is 12.8 Å². The number of hydrogen-bond acceptors (Lipinski definition) is 4. The maximum Gasteiger partial charge on any atom is 0.164 e. The molecule has 0 fully saturated rings. The molecule has 0 aliphatic heterocycles. The molecule has 4 heteroatoms. The summed E-state index contributed by atoms with van der Waals surface area (Å²) in [6.45, 7) is 6.21. The van der Waals surface area contributed by atoms with E-state index in [2.05, 4.69) is 13.8 Å². The van der Waals surface area contributed by atoms with E-state index in [-0.39, 0.29) is 6.10 Å². The molecule has 0 bridgehead atoms. The van der Waals surface area contributed by atoms with E-state index >= 15 is 0 Å². The first-order valence-corrected chi connectivity index (χ1v) is 5.67. The first-order chi connectivity index (χ1) is 7.99. The van der Waals surface area contributed by atoms with Crippen LogP contribution in [0.1, 0.15) is 20.8 Å². The summed E-state index contributed by atoms with van der Waals surface area (Å²) in [5, 5.41) is 0. The molecule has 1 unspecified atom stereocenters. The molecule has 0 heterocycles.